The third-order valence-electron chi connectivity index (χ3n) is 6.20. The molecule has 0 aromatic carbocycles. The topological polar surface area (TPSA) is 66.8 Å². The molecule has 1 unspecified atom stereocenters. The highest BCUT2D eigenvalue weighted by Crippen LogP contribution is 2.14. The second-order valence-electron chi connectivity index (χ2n) is 9.18. The Labute approximate surface area is 198 Å². The number of rotatable bonds is 25. The van der Waals surface area contributed by atoms with E-state index in [1.165, 1.54) is 44.9 Å². The van der Waals surface area contributed by atoms with Crippen LogP contribution in [0.5, 0.6) is 0 Å². The molecular weight excluding hydrogens is 402 g/mol. The van der Waals surface area contributed by atoms with Crippen LogP contribution >= 0.6 is 0 Å². The Morgan fingerprint density at radius 3 is 2.03 bits per heavy atom. The number of hydrogen-bond donors (Lipinski definition) is 1. The van der Waals surface area contributed by atoms with Crippen LogP contribution in [-0.2, 0) is 14.3 Å². The van der Waals surface area contributed by atoms with Gasteiger partial charge in [-0.05, 0) is 58.0 Å². The molecule has 1 N–H and O–H groups in total. The summed E-state index contributed by atoms with van der Waals surface area (Å²) in [6, 6.07) is 0. The number of aliphatic hydroxyl groups is 1. The van der Waals surface area contributed by atoms with Crippen molar-refractivity contribution in [2.24, 2.45) is 0 Å². The lowest BCUT2D eigenvalue weighted by Gasteiger charge is -2.21. The van der Waals surface area contributed by atoms with Crippen LogP contribution < -0.4 is 0 Å². The zero-order valence-electron chi connectivity index (χ0n) is 21.3. The van der Waals surface area contributed by atoms with E-state index in [1.807, 2.05) is 0 Å². The van der Waals surface area contributed by atoms with Crippen LogP contribution in [0.1, 0.15) is 129 Å². The lowest BCUT2D eigenvalue weighted by molar-refractivity contribution is -0.149. The molecule has 0 radical (unpaired) electrons. The van der Waals surface area contributed by atoms with Gasteiger partial charge in [0, 0.05) is 19.4 Å². The van der Waals surface area contributed by atoms with Crippen LogP contribution in [0.4, 0.5) is 0 Å². The number of aldehydes is 1. The lowest BCUT2D eigenvalue weighted by Crippen LogP contribution is -2.29. The molecule has 0 heterocycles. The minimum absolute atomic E-state index is 0.0374. The van der Waals surface area contributed by atoms with Crippen LogP contribution in [0.2, 0.25) is 0 Å². The Morgan fingerprint density at radius 2 is 1.41 bits per heavy atom. The van der Waals surface area contributed by atoms with Crippen molar-refractivity contribution in [2.45, 2.75) is 136 Å². The van der Waals surface area contributed by atoms with Crippen molar-refractivity contribution in [3.05, 3.63) is 0 Å². The number of hydrogen-bond acceptors (Lipinski definition) is 5. The van der Waals surface area contributed by atoms with E-state index in [-0.39, 0.29) is 18.7 Å². The molecule has 1 atom stereocenters. The minimum Gasteiger partial charge on any atom is -0.462 e. The quantitative estimate of drug-likeness (QED) is 0.0973. The van der Waals surface area contributed by atoms with E-state index in [1.54, 1.807) is 0 Å². The molecule has 0 rings (SSSR count). The highest BCUT2D eigenvalue weighted by molar-refractivity contribution is 5.69. The van der Waals surface area contributed by atoms with Crippen molar-refractivity contribution in [1.29, 1.82) is 0 Å². The standard InChI is InChI=1S/C27H53NO4/c1-3-5-6-7-10-14-19-26(4-2)32-27(31)20-15-13-17-22-28(23-25-30)21-16-11-8-9-12-18-24-29/h24,26,30H,3-23,25H2,1-2H3. The molecule has 5 nitrogen and oxygen atoms in total. The van der Waals surface area contributed by atoms with Gasteiger partial charge in [-0.2, -0.15) is 0 Å². The molecule has 0 aromatic rings. The van der Waals surface area contributed by atoms with Gasteiger partial charge >= 0.3 is 5.97 Å². The summed E-state index contributed by atoms with van der Waals surface area (Å²) in [6.45, 7) is 7.27. The molecule has 0 saturated carbocycles. The summed E-state index contributed by atoms with van der Waals surface area (Å²) in [4.78, 5) is 24.8. The van der Waals surface area contributed by atoms with Crippen LogP contribution in [0.3, 0.4) is 0 Å². The maximum absolute atomic E-state index is 12.2. The molecule has 0 saturated heterocycles. The Kier molecular flexibility index (Phi) is 24.0. The Bertz CT molecular complexity index is 416. The van der Waals surface area contributed by atoms with Gasteiger partial charge in [0.2, 0.25) is 0 Å². The SMILES string of the molecule is CCCCCCCCC(CC)OC(=O)CCCCCN(CCO)CCCCCCCC=O. The monoisotopic (exact) mass is 455 g/mol. The van der Waals surface area contributed by atoms with Gasteiger partial charge in [0.1, 0.15) is 12.4 Å². The number of unbranched alkanes of at least 4 members (excludes halogenated alkanes) is 12. The molecule has 0 spiro atoms. The number of aliphatic hydroxyl groups excluding tert-OH is 1. The summed E-state index contributed by atoms with van der Waals surface area (Å²) in [5.74, 6) is -0.0374. The van der Waals surface area contributed by atoms with Crippen molar-refractivity contribution in [3.8, 4) is 0 Å². The van der Waals surface area contributed by atoms with E-state index >= 15 is 0 Å². The van der Waals surface area contributed by atoms with Gasteiger partial charge in [-0.1, -0.05) is 71.6 Å². The Hall–Kier alpha value is -0.940. The van der Waals surface area contributed by atoms with Gasteiger partial charge < -0.3 is 19.5 Å². The summed E-state index contributed by atoms with van der Waals surface area (Å²) >= 11 is 0. The smallest absolute Gasteiger partial charge is 0.306 e. The summed E-state index contributed by atoms with van der Waals surface area (Å²) in [7, 11) is 0. The lowest BCUT2D eigenvalue weighted by atomic mass is 10.1. The average molecular weight is 456 g/mol. The molecule has 0 aromatic heterocycles. The third kappa shape index (κ3) is 20.9. The molecule has 190 valence electrons. The van der Waals surface area contributed by atoms with Gasteiger partial charge in [0.05, 0.1) is 6.61 Å². The van der Waals surface area contributed by atoms with Crippen molar-refractivity contribution in [3.63, 3.8) is 0 Å². The van der Waals surface area contributed by atoms with Gasteiger partial charge in [-0.15, -0.1) is 0 Å². The van der Waals surface area contributed by atoms with Crippen LogP contribution in [-0.4, -0.2) is 54.6 Å². The summed E-state index contributed by atoms with van der Waals surface area (Å²) in [5.41, 5.74) is 0. The maximum Gasteiger partial charge on any atom is 0.306 e. The van der Waals surface area contributed by atoms with Crippen LogP contribution in [0.25, 0.3) is 0 Å². The molecule has 0 bridgehead atoms. The third-order valence-corrected chi connectivity index (χ3v) is 6.20. The second-order valence-corrected chi connectivity index (χ2v) is 9.18. The maximum atomic E-state index is 12.2. The Balaban J connectivity index is 3.78. The predicted octanol–water partition coefficient (Wildman–Crippen LogP) is 6.45. The molecule has 0 amide bonds. The van der Waals surface area contributed by atoms with Gasteiger partial charge in [-0.3, -0.25) is 4.79 Å². The van der Waals surface area contributed by atoms with E-state index in [9.17, 15) is 14.7 Å². The van der Waals surface area contributed by atoms with E-state index in [0.29, 0.717) is 12.8 Å². The minimum atomic E-state index is -0.0374. The largest absolute Gasteiger partial charge is 0.462 e. The molecule has 5 heteroatoms. The molecule has 0 aliphatic rings. The van der Waals surface area contributed by atoms with Gasteiger partial charge in [0.15, 0.2) is 0 Å². The van der Waals surface area contributed by atoms with E-state index in [4.69, 9.17) is 4.74 Å². The fourth-order valence-corrected chi connectivity index (χ4v) is 4.10. The number of carbonyl (C=O) groups is 2. The first-order valence-electron chi connectivity index (χ1n) is 13.6. The first-order chi connectivity index (χ1) is 15.7. The number of carbonyl (C=O) groups excluding carboxylic acids is 2. The zero-order chi connectivity index (χ0) is 23.7. The number of nitrogens with zero attached hydrogens (tertiary/aromatic N) is 1. The fraction of sp³-hybridized carbons (Fsp3) is 0.926. The zero-order valence-corrected chi connectivity index (χ0v) is 21.3. The van der Waals surface area contributed by atoms with Gasteiger partial charge in [0.25, 0.3) is 0 Å². The summed E-state index contributed by atoms with van der Waals surface area (Å²) in [6.07, 6.45) is 20.5. The van der Waals surface area contributed by atoms with E-state index < -0.39 is 0 Å². The number of ether oxygens (including phenoxy) is 1. The molecule has 0 fully saturated rings. The van der Waals surface area contributed by atoms with E-state index in [2.05, 4.69) is 18.7 Å². The Morgan fingerprint density at radius 1 is 0.812 bits per heavy atom. The normalized spacial score (nSPS) is 12.2. The van der Waals surface area contributed by atoms with Crippen LogP contribution in [0.15, 0.2) is 0 Å². The average Bonchev–Trinajstić information content (AvgIpc) is 2.79. The first-order valence-corrected chi connectivity index (χ1v) is 13.6. The predicted molar refractivity (Wildman–Crippen MR) is 134 cm³/mol. The van der Waals surface area contributed by atoms with Crippen LogP contribution in [0, 0.1) is 0 Å². The molecule has 32 heavy (non-hydrogen) atoms. The highest BCUT2D eigenvalue weighted by atomic mass is 16.5. The van der Waals surface area contributed by atoms with Crippen molar-refractivity contribution in [2.75, 3.05) is 26.2 Å². The molecule has 0 aliphatic carbocycles. The molecule has 0 aliphatic heterocycles. The van der Waals surface area contributed by atoms with Crippen molar-refractivity contribution < 1.29 is 19.4 Å². The van der Waals surface area contributed by atoms with Crippen molar-refractivity contribution >= 4 is 12.3 Å². The first kappa shape index (κ1) is 31.1. The highest BCUT2D eigenvalue weighted by Gasteiger charge is 2.12. The van der Waals surface area contributed by atoms with E-state index in [0.717, 1.165) is 83.7 Å². The second kappa shape index (κ2) is 24.7. The molecular formula is C27H53NO4. The number of esters is 1. The summed E-state index contributed by atoms with van der Waals surface area (Å²) < 4.78 is 5.69. The van der Waals surface area contributed by atoms with Crippen molar-refractivity contribution in [1.82, 2.24) is 4.90 Å². The summed E-state index contributed by atoms with van der Waals surface area (Å²) in [5, 5.41) is 9.30. The fourth-order valence-electron chi connectivity index (χ4n) is 4.10. The van der Waals surface area contributed by atoms with Gasteiger partial charge in [-0.25, -0.2) is 0 Å².